The molecule has 4 nitrogen and oxygen atoms in total. The molecule has 42 heavy (non-hydrogen) atoms. The van der Waals surface area contributed by atoms with E-state index in [1.165, 1.54) is 0 Å². The van der Waals surface area contributed by atoms with E-state index >= 15 is 0 Å². The maximum absolute atomic E-state index is 13.1. The summed E-state index contributed by atoms with van der Waals surface area (Å²) in [6.45, 7) is 32.8. The molecule has 0 bridgehead atoms. The Bertz CT molecular complexity index is 648. The van der Waals surface area contributed by atoms with E-state index < -0.39 is 29.3 Å². The Labute approximate surface area is 325 Å². The maximum Gasteiger partial charge on any atom is 0.154 e. The van der Waals surface area contributed by atoms with Crippen LogP contribution in [0.1, 0.15) is 111 Å². The zero-order valence-corrected chi connectivity index (χ0v) is 45.1. The van der Waals surface area contributed by atoms with Crippen LogP contribution in [0.25, 0.3) is 0 Å². The van der Waals surface area contributed by atoms with Crippen molar-refractivity contribution >= 4 is 108 Å². The third kappa shape index (κ3) is 20.7. The Morgan fingerprint density at radius 2 is 0.595 bits per heavy atom. The topological polar surface area (TPSA) is 74.6 Å². The van der Waals surface area contributed by atoms with E-state index in [1.807, 2.05) is 55.4 Å². The minimum Gasteiger partial charge on any atom is -1.00 e. The van der Waals surface area contributed by atoms with Crippen LogP contribution in [0.2, 0.25) is 0 Å². The molecule has 0 aromatic rings. The molecule has 0 aromatic carbocycles. The monoisotopic (exact) mass is 1200 g/mol. The molecule has 0 aromatic heterocycles. The first-order valence-electron chi connectivity index (χ1n) is 14.0. The van der Waals surface area contributed by atoms with Crippen molar-refractivity contribution in [3.8, 4) is 0 Å². The van der Waals surface area contributed by atoms with Crippen LogP contribution >= 0.6 is 85.7 Å². The molecule has 0 atom stereocenters. The number of hydrogen-bond acceptors (Lipinski definition) is 4. The summed E-state index contributed by atoms with van der Waals surface area (Å²) in [5.74, 6) is 1.12. The number of halogens is 6. The van der Waals surface area contributed by atoms with E-state index in [1.54, 1.807) is 0 Å². The van der Waals surface area contributed by atoms with Crippen molar-refractivity contribution in [2.75, 3.05) is 11.8 Å². The van der Waals surface area contributed by atoms with Crippen molar-refractivity contribution < 1.29 is 52.9 Å². The van der Waals surface area contributed by atoms with Gasteiger partial charge in [0.1, 0.15) is 26.1 Å². The van der Waals surface area contributed by atoms with Gasteiger partial charge in [-0.2, -0.15) is 0 Å². The van der Waals surface area contributed by atoms with Gasteiger partial charge in [-0.1, -0.05) is 55.4 Å². The molecule has 0 radical (unpaired) electrons. The molecule has 0 rings (SSSR count). The van der Waals surface area contributed by atoms with Crippen molar-refractivity contribution in [3.05, 3.63) is 0 Å². The van der Waals surface area contributed by atoms with Crippen LogP contribution in [0.5, 0.6) is 0 Å². The van der Waals surface area contributed by atoms with Gasteiger partial charge in [0.2, 0.25) is 0 Å². The Kier molecular flexibility index (Phi) is 40.7. The van der Waals surface area contributed by atoms with Gasteiger partial charge in [0, 0.05) is 22.6 Å². The molecule has 0 unspecified atom stereocenters. The van der Waals surface area contributed by atoms with Gasteiger partial charge >= 0.3 is 79.1 Å². The quantitative estimate of drug-likeness (QED) is 0.177. The molecule has 0 amide bonds. The fraction of sp³-hybridized carbons (Fsp3) is 1.00. The first-order valence-corrected chi connectivity index (χ1v) is 38.2. The molecule has 0 aliphatic rings. The summed E-state index contributed by atoms with van der Waals surface area (Å²) >= 11 is 13.5. The SMILES string of the molecule is Br[Se]Br.Br[Se]Br.CC(C)P(=O)(C[P+](O)(C(C)C)C(C)C)C(C)C.CC(C)P(=O)(C[P+](O)(C(C)C)C(C)C)C(C)C.[Br-].[Br-]. The van der Waals surface area contributed by atoms with Crippen LogP contribution in [0.15, 0.2) is 0 Å². The molecule has 2 N–H and O–H groups in total. The van der Waals surface area contributed by atoms with Crippen molar-refractivity contribution in [2.45, 2.75) is 156 Å². The van der Waals surface area contributed by atoms with Gasteiger partial charge in [0.05, 0.1) is 22.6 Å². The Hall–Kier alpha value is 5.16. The normalized spacial score (nSPS) is 12.5. The standard InChI is InChI=1S/2C13H31O2P2.2Br2Se.2BrH/c2*1-10(2)16(14,11(3)4)9-17(15,12(5)6)13(7)8;2*1-3-2;;/h2*10-14H,9H2,1-8H3;;;2*1H/q2*+1;;;;/p-2. The summed E-state index contributed by atoms with van der Waals surface area (Å²) in [4.78, 5) is 21.9. The van der Waals surface area contributed by atoms with Crippen molar-refractivity contribution in [3.63, 3.8) is 0 Å². The third-order valence-corrected chi connectivity index (χ3v) is 29.3. The smallest absolute Gasteiger partial charge is 0.154 e. The fourth-order valence-corrected chi connectivity index (χ4v) is 25.3. The van der Waals surface area contributed by atoms with Gasteiger partial charge in [0.25, 0.3) is 0 Å². The largest absolute Gasteiger partial charge is 1.00 e. The predicted molar refractivity (Wildman–Crippen MR) is 212 cm³/mol. The predicted octanol–water partition coefficient (Wildman–Crippen LogP) is 6.36. The van der Waals surface area contributed by atoms with Gasteiger partial charge in [0.15, 0.2) is 15.0 Å². The van der Waals surface area contributed by atoms with Crippen LogP contribution < -0.4 is 34.0 Å². The molecule has 264 valence electrons. The molecule has 0 aliphatic carbocycles. The van der Waals surface area contributed by atoms with Gasteiger partial charge in [-0.05, 0) is 55.4 Å². The second-order valence-corrected chi connectivity index (χ2v) is 46.4. The molecule has 16 heteroatoms. The summed E-state index contributed by atoms with van der Waals surface area (Å²) in [5.41, 5.74) is 1.67. The summed E-state index contributed by atoms with van der Waals surface area (Å²) in [7, 11) is -8.80. The maximum atomic E-state index is 13.1. The summed E-state index contributed by atoms with van der Waals surface area (Å²) in [6.07, 6.45) is 0. The summed E-state index contributed by atoms with van der Waals surface area (Å²) in [5, 5.41) is 0. The minimum atomic E-state index is -2.29. The van der Waals surface area contributed by atoms with Crippen molar-refractivity contribution in [1.82, 2.24) is 0 Å². The molecule has 0 heterocycles. The Balaban J connectivity index is -0.000000124. The number of rotatable bonds is 12. The van der Waals surface area contributed by atoms with E-state index in [4.69, 9.17) is 0 Å². The first kappa shape index (κ1) is 59.3. The van der Waals surface area contributed by atoms with Crippen LogP contribution in [0.4, 0.5) is 0 Å². The Morgan fingerprint density at radius 1 is 0.476 bits per heavy atom. The van der Waals surface area contributed by atoms with E-state index in [2.05, 4.69) is 112 Å². The average Bonchev–Trinajstić information content (AvgIpc) is 2.79. The zero-order chi connectivity index (χ0) is 33.4. The zero-order valence-electron chi connectivity index (χ0n) is 28.6. The average molecular weight is 1200 g/mol. The molecular weight excluding hydrogens is 1140 g/mol. The van der Waals surface area contributed by atoms with Crippen molar-refractivity contribution in [2.24, 2.45) is 0 Å². The molecule has 0 saturated carbocycles. The van der Waals surface area contributed by atoms with Crippen LogP contribution in [-0.4, -0.2) is 89.5 Å². The van der Waals surface area contributed by atoms with E-state index in [0.717, 1.165) is 0 Å². The molecule has 0 aliphatic heterocycles. The van der Waals surface area contributed by atoms with E-state index in [-0.39, 0.29) is 79.2 Å². The summed E-state index contributed by atoms with van der Waals surface area (Å²) in [6, 6.07) is 0. The van der Waals surface area contributed by atoms with E-state index in [9.17, 15) is 18.9 Å². The van der Waals surface area contributed by atoms with Gasteiger partial charge < -0.3 is 43.1 Å². The molecule has 0 spiro atoms. The van der Waals surface area contributed by atoms with Gasteiger partial charge in [-0.25, -0.2) is 0 Å². The summed E-state index contributed by atoms with van der Waals surface area (Å²) < 4.78 is 26.2. The van der Waals surface area contributed by atoms with Gasteiger partial charge in [-0.15, -0.1) is 0 Å². The van der Waals surface area contributed by atoms with Crippen LogP contribution in [0, 0.1) is 0 Å². The van der Waals surface area contributed by atoms with Crippen LogP contribution in [0.3, 0.4) is 0 Å². The number of hydrogen-bond donors (Lipinski definition) is 2. The van der Waals surface area contributed by atoms with Gasteiger partial charge in [-0.3, -0.25) is 9.79 Å². The van der Waals surface area contributed by atoms with Crippen LogP contribution in [-0.2, 0) is 9.13 Å². The second kappa shape index (κ2) is 28.8. The molecular formula is C26H62Br6O4P4Se2. The first-order chi connectivity index (χ1) is 17.8. The molecule has 0 saturated heterocycles. The van der Waals surface area contributed by atoms with Crippen molar-refractivity contribution in [1.29, 1.82) is 0 Å². The second-order valence-electron chi connectivity index (χ2n) is 12.6. The third-order valence-electron chi connectivity index (χ3n) is 7.97. The Morgan fingerprint density at radius 3 is 0.667 bits per heavy atom. The minimum absolute atomic E-state index is 0. The van der Waals surface area contributed by atoms with E-state index in [0.29, 0.717) is 34.5 Å². The molecule has 0 fully saturated rings. The fourth-order valence-electron chi connectivity index (χ4n) is 4.40.